The number of hydrogen-bond donors (Lipinski definition) is 10. The van der Waals surface area contributed by atoms with Gasteiger partial charge in [-0.1, -0.05) is 26.0 Å². The maximum absolute atomic E-state index is 13.6. The van der Waals surface area contributed by atoms with Gasteiger partial charge in [0.2, 0.25) is 29.5 Å². The van der Waals surface area contributed by atoms with E-state index in [2.05, 4.69) is 41.1 Å². The van der Waals surface area contributed by atoms with Gasteiger partial charge in [-0.25, -0.2) is 14.3 Å². The lowest BCUT2D eigenvalue weighted by molar-refractivity contribution is -0.142. The minimum atomic E-state index is -4.84. The molecule has 0 saturated heterocycles. The monoisotopic (exact) mass is 710 g/mol. The second-order valence-electron chi connectivity index (χ2n) is 11.1. The normalized spacial score (nSPS) is 14.9. The van der Waals surface area contributed by atoms with Crippen molar-refractivity contribution in [2.45, 2.75) is 89.6 Å². The molecule has 0 bridgehead atoms. The number of phosphoric ester groups is 1. The Bertz CT molecular complexity index is 1500. The van der Waals surface area contributed by atoms with Crippen LogP contribution >= 0.6 is 7.82 Å². The maximum Gasteiger partial charge on any atom is 0.524 e. The number of carbonyl (C=O) groups is 6. The number of H-pyrrole nitrogens is 1. The van der Waals surface area contributed by atoms with Crippen molar-refractivity contribution in [1.29, 1.82) is 0 Å². The second kappa shape index (κ2) is 18.6. The number of hydrogen-bond acceptors (Lipinski definition) is 10. The van der Waals surface area contributed by atoms with Crippen molar-refractivity contribution in [3.63, 3.8) is 0 Å². The summed E-state index contributed by atoms with van der Waals surface area (Å²) in [6.07, 6.45) is 2.81. The van der Waals surface area contributed by atoms with Gasteiger partial charge in [-0.05, 0) is 44.4 Å². The van der Waals surface area contributed by atoms with E-state index in [4.69, 9.17) is 15.5 Å². The highest BCUT2D eigenvalue weighted by molar-refractivity contribution is 7.46. The van der Waals surface area contributed by atoms with Gasteiger partial charge < -0.3 is 46.9 Å². The van der Waals surface area contributed by atoms with Gasteiger partial charge in [-0.2, -0.15) is 0 Å². The van der Waals surface area contributed by atoms with Crippen molar-refractivity contribution >= 4 is 43.3 Å². The summed E-state index contributed by atoms with van der Waals surface area (Å²) in [7, 11) is -4.84. The van der Waals surface area contributed by atoms with Crippen molar-refractivity contribution in [1.82, 2.24) is 36.6 Å². The first-order chi connectivity index (χ1) is 22.9. The summed E-state index contributed by atoms with van der Waals surface area (Å²) in [6, 6.07) is -1.76. The van der Waals surface area contributed by atoms with Crippen LogP contribution in [0.2, 0.25) is 0 Å². The number of carboxylic acid groups (broad SMARTS) is 1. The molecule has 6 atom stereocenters. The number of phosphoric acid groups is 1. The van der Waals surface area contributed by atoms with Gasteiger partial charge in [-0.3, -0.25) is 33.8 Å². The predicted molar refractivity (Wildman–Crippen MR) is 172 cm³/mol. The van der Waals surface area contributed by atoms with E-state index < -0.39 is 79.6 Å². The number of nitrogens with two attached hydrogens (primary N) is 1. The number of imidazole rings is 1. The minimum absolute atomic E-state index is 0.0485. The van der Waals surface area contributed by atoms with E-state index in [9.17, 15) is 38.4 Å². The molecule has 1 heterocycles. The Labute approximate surface area is 281 Å². The van der Waals surface area contributed by atoms with E-state index in [-0.39, 0.29) is 31.4 Å². The molecule has 0 fully saturated rings. The van der Waals surface area contributed by atoms with Gasteiger partial charge >= 0.3 is 13.8 Å². The zero-order chi connectivity index (χ0) is 36.9. The quantitative estimate of drug-likeness (QED) is 0.0733. The highest BCUT2D eigenvalue weighted by Crippen LogP contribution is 2.37. The number of carboxylic acids is 1. The molecule has 11 N–H and O–H groups in total. The van der Waals surface area contributed by atoms with Gasteiger partial charge in [0.15, 0.2) is 0 Å². The number of nitrogens with zero attached hydrogens (tertiary/aromatic N) is 1. The third-order valence-electron chi connectivity index (χ3n) is 7.06. The molecule has 1 aromatic heterocycles. The van der Waals surface area contributed by atoms with Crippen molar-refractivity contribution in [2.75, 3.05) is 0 Å². The van der Waals surface area contributed by atoms with E-state index in [0.717, 1.165) is 0 Å². The Morgan fingerprint density at radius 3 is 1.82 bits per heavy atom. The number of aromatic amines is 1. The molecule has 0 aliphatic rings. The molecule has 2 aromatic rings. The van der Waals surface area contributed by atoms with Crippen LogP contribution in [0.15, 0.2) is 36.8 Å². The minimum Gasteiger partial charge on any atom is -0.480 e. The summed E-state index contributed by atoms with van der Waals surface area (Å²) in [5.74, 6) is -5.16. The van der Waals surface area contributed by atoms with Gasteiger partial charge in [0.05, 0.1) is 12.4 Å². The van der Waals surface area contributed by atoms with Crippen LogP contribution < -0.4 is 36.8 Å². The largest absolute Gasteiger partial charge is 0.524 e. The molecule has 0 spiro atoms. The van der Waals surface area contributed by atoms with E-state index >= 15 is 0 Å². The molecule has 270 valence electrons. The summed E-state index contributed by atoms with van der Waals surface area (Å²) in [5, 5.41) is 21.7. The summed E-state index contributed by atoms with van der Waals surface area (Å²) in [6.45, 7) is 5.92. The zero-order valence-corrected chi connectivity index (χ0v) is 28.2. The molecule has 0 aliphatic heterocycles. The molecule has 0 unspecified atom stereocenters. The standard InChI is InChI=1S/C29H43N8O11P/c1-5-20(26(40)35-21(6-2)29(43)44)34-25(39)16(4)33-27(41)22(11-17-7-9-19(10-8-17)48-49(45,46)47)37-28(42)23(36-24(38)15(3)30)12-18-13-31-14-32-18/h7-10,13-16,20-23H,5-6,11-12,30H2,1-4H3,(H,31,32)(H,33,41)(H,34,39)(H,35,40)(H,36,38)(H,37,42)(H,43,44)(H2,45,46,47)/t15-,16-,20-,21-,22-,23-/m0/s1. The van der Waals surface area contributed by atoms with Crippen LogP contribution in [-0.2, 0) is 46.2 Å². The third kappa shape index (κ3) is 13.7. The lowest BCUT2D eigenvalue weighted by Crippen LogP contribution is -2.59. The second-order valence-corrected chi connectivity index (χ2v) is 12.3. The molecule has 5 amide bonds. The van der Waals surface area contributed by atoms with Crippen LogP contribution in [0, 0.1) is 0 Å². The Morgan fingerprint density at radius 1 is 0.796 bits per heavy atom. The number of benzene rings is 1. The Kier molecular flexibility index (Phi) is 15.3. The van der Waals surface area contributed by atoms with Crippen molar-refractivity contribution < 1.29 is 52.7 Å². The van der Waals surface area contributed by atoms with Gasteiger partial charge in [0.25, 0.3) is 0 Å². The van der Waals surface area contributed by atoms with Crippen LogP contribution in [0.4, 0.5) is 0 Å². The van der Waals surface area contributed by atoms with Gasteiger partial charge in [-0.15, -0.1) is 0 Å². The number of aromatic nitrogens is 2. The molecule has 19 nitrogen and oxygen atoms in total. The Morgan fingerprint density at radius 2 is 1.31 bits per heavy atom. The molecule has 1 aromatic carbocycles. The zero-order valence-electron chi connectivity index (χ0n) is 27.3. The molecule has 0 radical (unpaired) electrons. The average molecular weight is 711 g/mol. The van der Waals surface area contributed by atoms with Crippen molar-refractivity contribution in [3.8, 4) is 5.75 Å². The Balaban J connectivity index is 2.28. The van der Waals surface area contributed by atoms with Crippen LogP contribution in [0.1, 0.15) is 51.8 Å². The predicted octanol–water partition coefficient (Wildman–Crippen LogP) is -1.64. The van der Waals surface area contributed by atoms with Crippen LogP contribution in [-0.4, -0.2) is 96.6 Å². The summed E-state index contributed by atoms with van der Waals surface area (Å²) < 4.78 is 15.7. The van der Waals surface area contributed by atoms with E-state index in [1.807, 2.05) is 0 Å². The Hall–Kier alpha value is -4.84. The first-order valence-corrected chi connectivity index (χ1v) is 16.8. The topological polar surface area (TPSA) is 304 Å². The van der Waals surface area contributed by atoms with Gasteiger partial charge in [0.1, 0.15) is 36.0 Å². The summed E-state index contributed by atoms with van der Waals surface area (Å²) in [4.78, 5) is 101. The van der Waals surface area contributed by atoms with Crippen LogP contribution in [0.3, 0.4) is 0 Å². The molecule has 20 heteroatoms. The first kappa shape index (κ1) is 40.3. The fourth-order valence-corrected chi connectivity index (χ4v) is 4.71. The molecule has 0 aliphatic carbocycles. The molecular formula is C29H43N8O11P. The van der Waals surface area contributed by atoms with E-state index in [1.165, 1.54) is 50.6 Å². The molecule has 0 saturated carbocycles. The lowest BCUT2D eigenvalue weighted by Gasteiger charge is -2.25. The average Bonchev–Trinajstić information content (AvgIpc) is 3.54. The highest BCUT2D eigenvalue weighted by Gasteiger charge is 2.31. The number of carbonyl (C=O) groups excluding carboxylic acids is 5. The van der Waals surface area contributed by atoms with E-state index in [0.29, 0.717) is 11.3 Å². The van der Waals surface area contributed by atoms with Gasteiger partial charge in [0, 0.05) is 24.7 Å². The number of rotatable bonds is 19. The van der Waals surface area contributed by atoms with Crippen molar-refractivity contribution in [2.24, 2.45) is 5.73 Å². The molecular weight excluding hydrogens is 667 g/mol. The summed E-state index contributed by atoms with van der Waals surface area (Å²) >= 11 is 0. The summed E-state index contributed by atoms with van der Waals surface area (Å²) in [5.41, 5.74) is 6.57. The maximum atomic E-state index is 13.6. The van der Waals surface area contributed by atoms with Crippen LogP contribution in [0.25, 0.3) is 0 Å². The lowest BCUT2D eigenvalue weighted by atomic mass is 10.0. The number of aliphatic carboxylic acids is 1. The SMILES string of the molecule is CC[C@H](NC(=O)[C@H](CC)NC(=O)[C@H](C)NC(=O)[C@H](Cc1ccc(OP(=O)(O)O)cc1)NC(=O)[C@H](Cc1cnc[nH]1)NC(=O)[C@H](C)N)C(=O)O. The molecule has 2 rings (SSSR count). The van der Waals surface area contributed by atoms with E-state index in [1.54, 1.807) is 13.8 Å². The fourth-order valence-electron chi connectivity index (χ4n) is 4.31. The van der Waals surface area contributed by atoms with Crippen LogP contribution in [0.5, 0.6) is 5.75 Å². The molecule has 49 heavy (non-hydrogen) atoms. The number of amides is 5. The fraction of sp³-hybridized carbons (Fsp3) is 0.483. The third-order valence-corrected chi connectivity index (χ3v) is 7.51. The number of nitrogens with one attached hydrogen (secondary N) is 6. The highest BCUT2D eigenvalue weighted by atomic mass is 31.2. The first-order valence-electron chi connectivity index (χ1n) is 15.3. The van der Waals surface area contributed by atoms with Crippen molar-refractivity contribution in [3.05, 3.63) is 48.0 Å². The smallest absolute Gasteiger partial charge is 0.480 e.